The SMILES string of the molecule is CCNC(=NCc1ccccc1CC)NCC(O)c1cccc(OC)c1. The van der Waals surface area contributed by atoms with Gasteiger partial charge in [0.2, 0.25) is 0 Å². The number of ether oxygens (including phenoxy) is 1. The molecule has 0 amide bonds. The summed E-state index contributed by atoms with van der Waals surface area (Å²) in [5, 5.41) is 16.9. The lowest BCUT2D eigenvalue weighted by Gasteiger charge is -2.16. The molecule has 0 saturated heterocycles. The van der Waals surface area contributed by atoms with E-state index in [9.17, 15) is 5.11 Å². The molecule has 0 radical (unpaired) electrons. The summed E-state index contributed by atoms with van der Waals surface area (Å²) in [5.41, 5.74) is 3.34. The van der Waals surface area contributed by atoms with Crippen molar-refractivity contribution in [1.29, 1.82) is 0 Å². The molecular weight excluding hydrogens is 326 g/mol. The van der Waals surface area contributed by atoms with Gasteiger partial charge in [-0.25, -0.2) is 4.99 Å². The molecule has 0 fully saturated rings. The molecule has 0 heterocycles. The summed E-state index contributed by atoms with van der Waals surface area (Å²) in [5.74, 6) is 1.43. The van der Waals surface area contributed by atoms with Gasteiger partial charge in [0, 0.05) is 13.1 Å². The molecule has 0 spiro atoms. The maximum absolute atomic E-state index is 10.4. The highest BCUT2D eigenvalue weighted by Gasteiger charge is 2.09. The molecule has 2 aromatic rings. The molecule has 0 aromatic heterocycles. The van der Waals surface area contributed by atoms with Crippen LogP contribution in [-0.4, -0.2) is 31.3 Å². The predicted octanol–water partition coefficient (Wildman–Crippen LogP) is 3.05. The molecule has 0 bridgehead atoms. The van der Waals surface area contributed by atoms with Crippen molar-refractivity contribution in [1.82, 2.24) is 10.6 Å². The fourth-order valence-corrected chi connectivity index (χ4v) is 2.72. The Hall–Kier alpha value is -2.53. The van der Waals surface area contributed by atoms with Crippen LogP contribution in [0.5, 0.6) is 5.75 Å². The van der Waals surface area contributed by atoms with Gasteiger partial charge in [-0.1, -0.05) is 43.3 Å². The van der Waals surface area contributed by atoms with Gasteiger partial charge in [-0.05, 0) is 42.2 Å². The first kappa shape index (κ1) is 19.8. The van der Waals surface area contributed by atoms with Gasteiger partial charge in [0.1, 0.15) is 5.75 Å². The summed E-state index contributed by atoms with van der Waals surface area (Å²) in [7, 11) is 1.62. The molecule has 1 unspecified atom stereocenters. The predicted molar refractivity (Wildman–Crippen MR) is 107 cm³/mol. The number of benzene rings is 2. The van der Waals surface area contributed by atoms with E-state index >= 15 is 0 Å². The van der Waals surface area contributed by atoms with Gasteiger partial charge >= 0.3 is 0 Å². The molecule has 5 heteroatoms. The monoisotopic (exact) mass is 355 g/mol. The number of nitrogens with zero attached hydrogens (tertiary/aromatic N) is 1. The van der Waals surface area contributed by atoms with Crippen LogP contribution in [0.3, 0.4) is 0 Å². The number of aliphatic imine (C=N–C) groups is 1. The van der Waals surface area contributed by atoms with Crippen LogP contribution in [0.2, 0.25) is 0 Å². The molecule has 3 N–H and O–H groups in total. The minimum Gasteiger partial charge on any atom is -0.497 e. The van der Waals surface area contributed by atoms with Crippen molar-refractivity contribution in [2.45, 2.75) is 32.9 Å². The molecule has 0 saturated carbocycles. The fraction of sp³-hybridized carbons (Fsp3) is 0.381. The van der Waals surface area contributed by atoms with E-state index in [0.29, 0.717) is 19.0 Å². The number of aliphatic hydroxyl groups is 1. The first-order chi connectivity index (χ1) is 12.7. The Bertz CT molecular complexity index is 716. The van der Waals surface area contributed by atoms with E-state index in [1.807, 2.05) is 37.3 Å². The Labute approximate surface area is 156 Å². The fourth-order valence-electron chi connectivity index (χ4n) is 2.72. The third kappa shape index (κ3) is 5.77. The lowest BCUT2D eigenvalue weighted by atomic mass is 10.1. The number of rotatable bonds is 8. The van der Waals surface area contributed by atoms with Crippen LogP contribution in [0, 0.1) is 0 Å². The largest absolute Gasteiger partial charge is 0.497 e. The number of guanidine groups is 1. The normalized spacial score (nSPS) is 12.5. The molecule has 5 nitrogen and oxygen atoms in total. The van der Waals surface area contributed by atoms with Crippen LogP contribution in [0.15, 0.2) is 53.5 Å². The van der Waals surface area contributed by atoms with Gasteiger partial charge in [0.25, 0.3) is 0 Å². The lowest BCUT2D eigenvalue weighted by molar-refractivity contribution is 0.180. The Morgan fingerprint density at radius 2 is 1.85 bits per heavy atom. The van der Waals surface area contributed by atoms with E-state index in [2.05, 4.69) is 40.7 Å². The zero-order valence-corrected chi connectivity index (χ0v) is 15.8. The standard InChI is InChI=1S/C21H29N3O2/c1-4-16-9-6-7-10-18(16)14-23-21(22-5-2)24-15-20(25)17-11-8-12-19(13-17)26-3/h6-13,20,25H,4-5,14-15H2,1-3H3,(H2,22,23,24). The number of methoxy groups -OCH3 is 1. The molecule has 0 aliphatic carbocycles. The third-order valence-electron chi connectivity index (χ3n) is 4.19. The topological polar surface area (TPSA) is 65.9 Å². The first-order valence-corrected chi connectivity index (χ1v) is 9.08. The number of nitrogens with one attached hydrogen (secondary N) is 2. The van der Waals surface area contributed by atoms with E-state index in [1.165, 1.54) is 11.1 Å². The van der Waals surface area contributed by atoms with Crippen LogP contribution >= 0.6 is 0 Å². The van der Waals surface area contributed by atoms with Crippen molar-refractivity contribution in [3.05, 3.63) is 65.2 Å². The van der Waals surface area contributed by atoms with E-state index in [-0.39, 0.29) is 0 Å². The Morgan fingerprint density at radius 1 is 1.08 bits per heavy atom. The van der Waals surface area contributed by atoms with Gasteiger partial charge in [-0.15, -0.1) is 0 Å². The average Bonchev–Trinajstić information content (AvgIpc) is 2.70. The zero-order chi connectivity index (χ0) is 18.8. The Kier molecular flexibility index (Phi) is 7.96. The van der Waals surface area contributed by atoms with Gasteiger partial charge in [0.05, 0.1) is 19.8 Å². The van der Waals surface area contributed by atoms with Crippen molar-refractivity contribution in [3.63, 3.8) is 0 Å². The molecule has 0 aliphatic heterocycles. The quantitative estimate of drug-likeness (QED) is 0.503. The molecule has 140 valence electrons. The number of aliphatic hydroxyl groups excluding tert-OH is 1. The number of hydrogen-bond donors (Lipinski definition) is 3. The maximum Gasteiger partial charge on any atom is 0.191 e. The van der Waals surface area contributed by atoms with Crippen molar-refractivity contribution >= 4 is 5.96 Å². The van der Waals surface area contributed by atoms with E-state index in [0.717, 1.165) is 24.3 Å². The van der Waals surface area contributed by atoms with Gasteiger partial charge < -0.3 is 20.5 Å². The molecule has 2 aromatic carbocycles. The minimum atomic E-state index is -0.642. The maximum atomic E-state index is 10.4. The zero-order valence-electron chi connectivity index (χ0n) is 15.8. The molecule has 1 atom stereocenters. The van der Waals surface area contributed by atoms with Crippen molar-refractivity contribution in [2.24, 2.45) is 4.99 Å². The van der Waals surface area contributed by atoms with E-state index in [4.69, 9.17) is 4.74 Å². The summed E-state index contributed by atoms with van der Waals surface area (Å²) < 4.78 is 5.21. The average molecular weight is 355 g/mol. The highest BCUT2D eigenvalue weighted by Crippen LogP contribution is 2.18. The Morgan fingerprint density at radius 3 is 2.54 bits per heavy atom. The van der Waals surface area contributed by atoms with Crippen LogP contribution in [0.25, 0.3) is 0 Å². The van der Waals surface area contributed by atoms with Crippen molar-refractivity contribution in [2.75, 3.05) is 20.2 Å². The summed E-state index contributed by atoms with van der Waals surface area (Å²) in [4.78, 5) is 4.65. The second kappa shape index (κ2) is 10.5. The van der Waals surface area contributed by atoms with Gasteiger partial charge in [-0.2, -0.15) is 0 Å². The second-order valence-electron chi connectivity index (χ2n) is 5.99. The van der Waals surface area contributed by atoms with Gasteiger partial charge in [-0.3, -0.25) is 0 Å². The molecule has 2 rings (SSSR count). The minimum absolute atomic E-state index is 0.369. The second-order valence-corrected chi connectivity index (χ2v) is 5.99. The molecule has 26 heavy (non-hydrogen) atoms. The highest BCUT2D eigenvalue weighted by molar-refractivity contribution is 5.79. The number of hydrogen-bond acceptors (Lipinski definition) is 3. The first-order valence-electron chi connectivity index (χ1n) is 9.08. The molecular formula is C21H29N3O2. The van der Waals surface area contributed by atoms with Crippen molar-refractivity contribution in [3.8, 4) is 5.75 Å². The van der Waals surface area contributed by atoms with Crippen molar-refractivity contribution < 1.29 is 9.84 Å². The van der Waals surface area contributed by atoms with E-state index in [1.54, 1.807) is 7.11 Å². The van der Waals surface area contributed by atoms with Gasteiger partial charge in [0.15, 0.2) is 5.96 Å². The highest BCUT2D eigenvalue weighted by atomic mass is 16.5. The number of aryl methyl sites for hydroxylation is 1. The third-order valence-corrected chi connectivity index (χ3v) is 4.19. The summed E-state index contributed by atoms with van der Waals surface area (Å²) in [6.45, 7) is 5.91. The van der Waals surface area contributed by atoms with Crippen LogP contribution < -0.4 is 15.4 Å². The van der Waals surface area contributed by atoms with E-state index < -0.39 is 6.10 Å². The summed E-state index contributed by atoms with van der Waals surface area (Å²) in [6.07, 6.45) is 0.349. The Balaban J connectivity index is 2.00. The van der Waals surface area contributed by atoms with Crippen LogP contribution in [-0.2, 0) is 13.0 Å². The van der Waals surface area contributed by atoms with Crippen LogP contribution in [0.1, 0.15) is 36.6 Å². The molecule has 0 aliphatic rings. The van der Waals surface area contributed by atoms with Crippen LogP contribution in [0.4, 0.5) is 0 Å². The summed E-state index contributed by atoms with van der Waals surface area (Å²) >= 11 is 0. The summed E-state index contributed by atoms with van der Waals surface area (Å²) in [6, 6.07) is 15.8. The smallest absolute Gasteiger partial charge is 0.191 e. The lowest BCUT2D eigenvalue weighted by Crippen LogP contribution is -2.39.